The minimum Gasteiger partial charge on any atom is -0.467 e. The summed E-state index contributed by atoms with van der Waals surface area (Å²) in [6.07, 6.45) is 4.87. The van der Waals surface area contributed by atoms with Crippen LogP contribution >= 0.6 is 24.0 Å². The molecule has 1 aromatic heterocycles. The Kier molecular flexibility index (Phi) is 8.24. The van der Waals surface area contributed by atoms with Crippen molar-refractivity contribution in [1.82, 2.24) is 9.88 Å². The van der Waals surface area contributed by atoms with Crippen LogP contribution in [-0.2, 0) is 14.3 Å². The SMILES string of the molecule is CCC(C)[C@@H](C(=O)OC)N(C=O)C(=S)S/C=C\c1ccc(-c2ccc3c(c2)OCO3)nc1. The number of carbonyl (C=O) groups excluding carboxylic acids is 2. The molecular weight excluding hydrogens is 448 g/mol. The van der Waals surface area contributed by atoms with Crippen molar-refractivity contribution in [1.29, 1.82) is 0 Å². The molecule has 2 aromatic rings. The number of thioether (sulfide) groups is 1. The zero-order valence-electron chi connectivity index (χ0n) is 18.0. The quantitative estimate of drug-likeness (QED) is 0.315. The molecular formula is C23H24N2O5S2. The summed E-state index contributed by atoms with van der Waals surface area (Å²) in [5, 5.41) is 1.76. The fourth-order valence-corrected chi connectivity index (χ4v) is 4.09. The van der Waals surface area contributed by atoms with E-state index in [2.05, 4.69) is 4.98 Å². The first-order valence-corrected chi connectivity index (χ1v) is 11.3. The summed E-state index contributed by atoms with van der Waals surface area (Å²) in [7, 11) is 1.30. The van der Waals surface area contributed by atoms with Gasteiger partial charge in [-0.05, 0) is 47.2 Å². The standard InChI is InChI=1S/C23H24N2O5S2/c1-4-15(2)21(22(27)28-3)25(13-26)23(31)32-10-9-16-5-7-18(24-12-16)17-6-8-19-20(11-17)30-14-29-19/h5-13,15,21H,4,14H2,1-3H3/b10-9-/t15?,21-/m0/s1. The van der Waals surface area contributed by atoms with Gasteiger partial charge in [-0.1, -0.05) is 50.3 Å². The molecule has 0 saturated carbocycles. The van der Waals surface area contributed by atoms with Gasteiger partial charge < -0.3 is 14.2 Å². The molecule has 1 aliphatic rings. The van der Waals surface area contributed by atoms with Crippen molar-refractivity contribution < 1.29 is 23.8 Å². The highest BCUT2D eigenvalue weighted by Crippen LogP contribution is 2.35. The lowest BCUT2D eigenvalue weighted by Gasteiger charge is -2.29. The van der Waals surface area contributed by atoms with E-state index < -0.39 is 12.0 Å². The summed E-state index contributed by atoms with van der Waals surface area (Å²) in [4.78, 5) is 29.6. The summed E-state index contributed by atoms with van der Waals surface area (Å²) in [6.45, 7) is 4.06. The lowest BCUT2D eigenvalue weighted by Crippen LogP contribution is -2.46. The van der Waals surface area contributed by atoms with Gasteiger partial charge in [-0.15, -0.1) is 0 Å². The highest BCUT2D eigenvalue weighted by Gasteiger charge is 2.32. The molecule has 0 spiro atoms. The predicted molar refractivity (Wildman–Crippen MR) is 128 cm³/mol. The third-order valence-corrected chi connectivity index (χ3v) is 6.32. The second kappa shape index (κ2) is 11.1. The molecule has 1 amide bonds. The fourth-order valence-electron chi connectivity index (χ4n) is 3.15. The molecule has 0 fully saturated rings. The zero-order chi connectivity index (χ0) is 23.1. The van der Waals surface area contributed by atoms with Crippen molar-refractivity contribution in [3.05, 3.63) is 47.5 Å². The minimum absolute atomic E-state index is 0.0943. The number of hydrogen-bond acceptors (Lipinski definition) is 8. The van der Waals surface area contributed by atoms with Gasteiger partial charge in [0.15, 0.2) is 11.5 Å². The van der Waals surface area contributed by atoms with Crippen LogP contribution < -0.4 is 9.47 Å². The Morgan fingerprint density at radius 2 is 2.09 bits per heavy atom. The van der Waals surface area contributed by atoms with Crippen molar-refractivity contribution >= 4 is 46.8 Å². The third-order valence-electron chi connectivity index (χ3n) is 5.13. The Balaban J connectivity index is 1.65. The number of ether oxygens (including phenoxy) is 3. The number of thiocarbonyl (C=S) groups is 1. The highest BCUT2D eigenvalue weighted by atomic mass is 32.2. The second-order valence-electron chi connectivity index (χ2n) is 7.10. The molecule has 3 rings (SSSR count). The maximum Gasteiger partial charge on any atom is 0.329 e. The van der Waals surface area contributed by atoms with E-state index in [0.717, 1.165) is 22.6 Å². The van der Waals surface area contributed by atoms with Gasteiger partial charge in [0.1, 0.15) is 10.4 Å². The van der Waals surface area contributed by atoms with Gasteiger partial charge >= 0.3 is 5.97 Å². The number of hydrogen-bond donors (Lipinski definition) is 0. The molecule has 32 heavy (non-hydrogen) atoms. The Morgan fingerprint density at radius 3 is 2.75 bits per heavy atom. The van der Waals surface area contributed by atoms with E-state index in [1.54, 1.807) is 11.6 Å². The largest absolute Gasteiger partial charge is 0.467 e. The van der Waals surface area contributed by atoms with Gasteiger partial charge in [0, 0.05) is 11.8 Å². The van der Waals surface area contributed by atoms with E-state index in [9.17, 15) is 9.59 Å². The Hall–Kier alpha value is -2.91. The molecule has 0 aliphatic carbocycles. The van der Waals surface area contributed by atoms with E-state index in [-0.39, 0.29) is 17.0 Å². The van der Waals surface area contributed by atoms with Crippen LogP contribution in [0.15, 0.2) is 41.9 Å². The van der Waals surface area contributed by atoms with Crippen LogP contribution in [0, 0.1) is 5.92 Å². The molecule has 9 heteroatoms. The summed E-state index contributed by atoms with van der Waals surface area (Å²) < 4.78 is 15.9. The highest BCUT2D eigenvalue weighted by molar-refractivity contribution is 8.24. The first kappa shape index (κ1) is 23.7. The van der Waals surface area contributed by atoms with E-state index in [4.69, 9.17) is 26.4 Å². The molecule has 0 radical (unpaired) electrons. The number of aromatic nitrogens is 1. The smallest absolute Gasteiger partial charge is 0.329 e. The molecule has 1 aromatic carbocycles. The molecule has 2 atom stereocenters. The van der Waals surface area contributed by atoms with Crippen LogP contribution in [0.1, 0.15) is 25.8 Å². The van der Waals surface area contributed by atoms with E-state index in [1.165, 1.54) is 23.8 Å². The van der Waals surface area contributed by atoms with Gasteiger partial charge in [0.05, 0.1) is 12.8 Å². The molecule has 0 bridgehead atoms. The number of pyridine rings is 1. The van der Waals surface area contributed by atoms with Gasteiger partial charge in [-0.25, -0.2) is 4.79 Å². The first-order valence-electron chi connectivity index (χ1n) is 10.0. The summed E-state index contributed by atoms with van der Waals surface area (Å²) >= 11 is 6.57. The third kappa shape index (κ3) is 5.46. The summed E-state index contributed by atoms with van der Waals surface area (Å²) in [5.41, 5.74) is 2.61. The van der Waals surface area contributed by atoms with Crippen molar-refractivity contribution in [3.63, 3.8) is 0 Å². The number of carbonyl (C=O) groups is 2. The van der Waals surface area contributed by atoms with Crippen molar-refractivity contribution in [2.24, 2.45) is 5.92 Å². The summed E-state index contributed by atoms with van der Waals surface area (Å²) in [6, 6.07) is 8.79. The average molecular weight is 473 g/mol. The minimum atomic E-state index is -0.751. The van der Waals surface area contributed by atoms with E-state index in [0.29, 0.717) is 18.6 Å². The number of fused-ring (bicyclic) bond motifs is 1. The molecule has 7 nitrogen and oxygen atoms in total. The van der Waals surface area contributed by atoms with E-state index >= 15 is 0 Å². The number of amides is 1. The topological polar surface area (TPSA) is 78.0 Å². The Bertz CT molecular complexity index is 1010. The Labute approximate surface area is 196 Å². The monoisotopic (exact) mass is 472 g/mol. The molecule has 168 valence electrons. The number of methoxy groups -OCH3 is 1. The van der Waals surface area contributed by atoms with Crippen LogP contribution in [0.3, 0.4) is 0 Å². The van der Waals surface area contributed by atoms with Crippen LogP contribution in [0.25, 0.3) is 17.3 Å². The van der Waals surface area contributed by atoms with Gasteiger partial charge in [-0.2, -0.15) is 0 Å². The van der Waals surface area contributed by atoms with Crippen LogP contribution in [0.2, 0.25) is 0 Å². The zero-order valence-corrected chi connectivity index (χ0v) is 19.7. The number of rotatable bonds is 8. The van der Waals surface area contributed by atoms with Crippen molar-refractivity contribution in [2.75, 3.05) is 13.9 Å². The van der Waals surface area contributed by atoms with Crippen molar-refractivity contribution in [2.45, 2.75) is 26.3 Å². The lowest BCUT2D eigenvalue weighted by molar-refractivity contribution is -0.149. The Morgan fingerprint density at radius 1 is 1.31 bits per heavy atom. The molecule has 2 heterocycles. The number of nitrogens with zero attached hydrogens (tertiary/aromatic N) is 2. The van der Waals surface area contributed by atoms with Crippen LogP contribution in [-0.4, -0.2) is 46.5 Å². The van der Waals surface area contributed by atoms with Gasteiger partial charge in [0.25, 0.3) is 0 Å². The average Bonchev–Trinajstić information content (AvgIpc) is 3.29. The molecule has 0 N–H and O–H groups in total. The van der Waals surface area contributed by atoms with Crippen LogP contribution in [0.4, 0.5) is 0 Å². The second-order valence-corrected chi connectivity index (χ2v) is 8.64. The van der Waals surface area contributed by atoms with E-state index in [1.807, 2.05) is 50.3 Å². The number of esters is 1. The maximum atomic E-state index is 12.2. The fraction of sp³-hybridized carbons (Fsp3) is 0.304. The lowest BCUT2D eigenvalue weighted by atomic mass is 9.98. The van der Waals surface area contributed by atoms with Crippen molar-refractivity contribution in [3.8, 4) is 22.8 Å². The van der Waals surface area contributed by atoms with Crippen LogP contribution in [0.5, 0.6) is 11.5 Å². The summed E-state index contributed by atoms with van der Waals surface area (Å²) in [5.74, 6) is 0.860. The maximum absolute atomic E-state index is 12.2. The normalized spacial score (nSPS) is 14.1. The molecule has 1 unspecified atom stereocenters. The predicted octanol–water partition coefficient (Wildman–Crippen LogP) is 4.51. The first-order chi connectivity index (χ1) is 15.5. The van der Waals surface area contributed by atoms with Gasteiger partial charge in [0.2, 0.25) is 13.2 Å². The molecule has 1 aliphatic heterocycles. The number of benzene rings is 1. The molecule has 0 saturated heterocycles. The van der Waals surface area contributed by atoms with Gasteiger partial charge in [-0.3, -0.25) is 14.7 Å².